The van der Waals surface area contributed by atoms with E-state index >= 15 is 0 Å². The lowest BCUT2D eigenvalue weighted by Gasteiger charge is -2.39. The number of carbonyl (C=O) groups excluding carboxylic acids is 2. The van der Waals surface area contributed by atoms with Crippen LogP contribution in [0.3, 0.4) is 0 Å². The molecule has 0 saturated carbocycles. The summed E-state index contributed by atoms with van der Waals surface area (Å²) in [6, 6.07) is -0.757. The third kappa shape index (κ3) is 11.0. The standard InChI is InChI=1S/C17H31Cl3N2O3/c1-3-4-5-6-7-8-9-10-11-12-16(2,22-15(21)24)14(25-13-23)17(18,19)20/h13-14H,3-12H2,1-2H3,(H3,21,22,24). The lowest BCUT2D eigenvalue weighted by Crippen LogP contribution is -2.60. The van der Waals surface area contributed by atoms with Crippen LogP contribution < -0.4 is 11.1 Å². The molecular weight excluding hydrogens is 387 g/mol. The third-order valence-electron chi connectivity index (χ3n) is 4.28. The number of alkyl halides is 3. The van der Waals surface area contributed by atoms with Crippen LogP contribution in [0.1, 0.15) is 78.1 Å². The Labute approximate surface area is 166 Å². The molecule has 2 atom stereocenters. The fourth-order valence-electron chi connectivity index (χ4n) is 2.99. The molecule has 0 rings (SSSR count). The molecule has 148 valence electrons. The Morgan fingerprint density at radius 1 is 1.08 bits per heavy atom. The molecule has 0 heterocycles. The predicted octanol–water partition coefficient (Wildman–Crippen LogP) is 5.25. The molecule has 8 heteroatoms. The number of ether oxygens (including phenoxy) is 1. The summed E-state index contributed by atoms with van der Waals surface area (Å²) in [6.07, 6.45) is 9.77. The van der Waals surface area contributed by atoms with Crippen molar-refractivity contribution in [3.05, 3.63) is 0 Å². The van der Waals surface area contributed by atoms with Crippen LogP contribution in [0.4, 0.5) is 4.79 Å². The molecule has 0 aromatic heterocycles. The smallest absolute Gasteiger partial charge is 0.312 e. The van der Waals surface area contributed by atoms with Crippen molar-refractivity contribution >= 4 is 47.3 Å². The molecule has 0 radical (unpaired) electrons. The van der Waals surface area contributed by atoms with E-state index < -0.39 is 21.5 Å². The van der Waals surface area contributed by atoms with Crippen LogP contribution in [0.2, 0.25) is 0 Å². The molecule has 0 saturated heterocycles. The molecule has 0 aromatic rings. The van der Waals surface area contributed by atoms with E-state index in [2.05, 4.69) is 12.2 Å². The van der Waals surface area contributed by atoms with Gasteiger partial charge in [0.2, 0.25) is 3.79 Å². The number of halogens is 3. The normalized spacial score (nSPS) is 15.2. The molecule has 2 amide bonds. The topological polar surface area (TPSA) is 81.4 Å². The van der Waals surface area contributed by atoms with E-state index in [9.17, 15) is 9.59 Å². The molecule has 0 aliphatic carbocycles. The summed E-state index contributed by atoms with van der Waals surface area (Å²) in [5.74, 6) is 0. The predicted molar refractivity (Wildman–Crippen MR) is 104 cm³/mol. The van der Waals surface area contributed by atoms with Crippen LogP contribution in [-0.2, 0) is 9.53 Å². The Hall–Kier alpha value is -0.390. The molecule has 0 aliphatic heterocycles. The maximum absolute atomic E-state index is 11.3. The Kier molecular flexibility index (Phi) is 12.7. The molecule has 5 nitrogen and oxygen atoms in total. The van der Waals surface area contributed by atoms with Gasteiger partial charge in [0.15, 0.2) is 6.10 Å². The van der Waals surface area contributed by atoms with Crippen molar-refractivity contribution in [2.75, 3.05) is 0 Å². The Morgan fingerprint density at radius 3 is 1.96 bits per heavy atom. The first-order valence-corrected chi connectivity index (χ1v) is 10.0. The summed E-state index contributed by atoms with van der Waals surface area (Å²) in [7, 11) is 0. The van der Waals surface area contributed by atoms with E-state index in [0.29, 0.717) is 6.42 Å². The van der Waals surface area contributed by atoms with Crippen molar-refractivity contribution in [3.8, 4) is 0 Å². The van der Waals surface area contributed by atoms with Gasteiger partial charge in [-0.25, -0.2) is 4.79 Å². The number of carbonyl (C=O) groups is 2. The zero-order chi connectivity index (χ0) is 19.3. The quantitative estimate of drug-likeness (QED) is 0.230. The minimum Gasteiger partial charge on any atom is -0.457 e. The summed E-state index contributed by atoms with van der Waals surface area (Å²) in [6.45, 7) is 4.08. The molecule has 3 N–H and O–H groups in total. The van der Waals surface area contributed by atoms with Gasteiger partial charge in [0.05, 0.1) is 5.54 Å². The van der Waals surface area contributed by atoms with Crippen molar-refractivity contribution in [1.82, 2.24) is 5.32 Å². The highest BCUT2D eigenvalue weighted by Crippen LogP contribution is 2.39. The van der Waals surface area contributed by atoms with E-state index in [1.807, 2.05) is 0 Å². The van der Waals surface area contributed by atoms with Gasteiger partial charge in [0, 0.05) is 0 Å². The molecule has 0 spiro atoms. The minimum absolute atomic E-state index is 0.212. The van der Waals surface area contributed by atoms with Crippen LogP contribution in [0.5, 0.6) is 0 Å². The number of hydrogen-bond donors (Lipinski definition) is 2. The number of amides is 2. The molecule has 0 fully saturated rings. The first-order chi connectivity index (χ1) is 11.7. The second-order valence-corrected chi connectivity index (χ2v) is 9.01. The largest absolute Gasteiger partial charge is 0.457 e. The van der Waals surface area contributed by atoms with Gasteiger partial charge in [-0.2, -0.15) is 0 Å². The van der Waals surface area contributed by atoms with Gasteiger partial charge >= 0.3 is 6.03 Å². The number of unbranched alkanes of at least 4 members (excludes halogenated alkanes) is 8. The SMILES string of the molecule is CCCCCCCCCCCC(C)(NC(N)=O)C(OC=O)C(Cl)(Cl)Cl. The van der Waals surface area contributed by atoms with Gasteiger partial charge in [-0.3, -0.25) is 4.79 Å². The summed E-state index contributed by atoms with van der Waals surface area (Å²) in [5, 5.41) is 2.57. The van der Waals surface area contributed by atoms with Gasteiger partial charge in [0.1, 0.15) is 0 Å². The lowest BCUT2D eigenvalue weighted by molar-refractivity contribution is -0.137. The highest BCUT2D eigenvalue weighted by atomic mass is 35.6. The molecule has 0 bridgehead atoms. The second-order valence-electron chi connectivity index (χ2n) is 6.64. The molecule has 2 unspecified atom stereocenters. The molecule has 0 aromatic carbocycles. The van der Waals surface area contributed by atoms with E-state index in [1.165, 1.54) is 38.5 Å². The minimum atomic E-state index is -1.88. The van der Waals surface area contributed by atoms with Crippen LogP contribution in [0, 0.1) is 0 Å². The Balaban J connectivity index is 4.47. The van der Waals surface area contributed by atoms with Crippen molar-refractivity contribution in [1.29, 1.82) is 0 Å². The summed E-state index contributed by atoms with van der Waals surface area (Å²) < 4.78 is 3.08. The Bertz CT molecular complexity index is 392. The van der Waals surface area contributed by atoms with Crippen LogP contribution in [0.25, 0.3) is 0 Å². The fourth-order valence-corrected chi connectivity index (χ4v) is 3.86. The number of nitrogens with two attached hydrogens (primary N) is 1. The average molecular weight is 418 g/mol. The van der Waals surface area contributed by atoms with Gasteiger partial charge in [-0.15, -0.1) is 0 Å². The van der Waals surface area contributed by atoms with Crippen LogP contribution >= 0.6 is 34.8 Å². The molecular formula is C17H31Cl3N2O3. The highest BCUT2D eigenvalue weighted by molar-refractivity contribution is 6.68. The molecule has 25 heavy (non-hydrogen) atoms. The van der Waals surface area contributed by atoms with Gasteiger partial charge < -0.3 is 15.8 Å². The zero-order valence-electron chi connectivity index (χ0n) is 15.2. The van der Waals surface area contributed by atoms with Crippen LogP contribution in [-0.4, -0.2) is 27.9 Å². The second kappa shape index (κ2) is 12.9. The van der Waals surface area contributed by atoms with Gasteiger partial charge in [-0.1, -0.05) is 99.5 Å². The monoisotopic (exact) mass is 416 g/mol. The van der Waals surface area contributed by atoms with Crippen molar-refractivity contribution < 1.29 is 14.3 Å². The number of urea groups is 1. The summed E-state index contributed by atoms with van der Waals surface area (Å²) in [5.41, 5.74) is 4.19. The van der Waals surface area contributed by atoms with Gasteiger partial charge in [0.25, 0.3) is 6.47 Å². The summed E-state index contributed by atoms with van der Waals surface area (Å²) >= 11 is 17.8. The van der Waals surface area contributed by atoms with Crippen molar-refractivity contribution in [2.45, 2.75) is 93.5 Å². The van der Waals surface area contributed by atoms with E-state index in [0.717, 1.165) is 19.3 Å². The maximum Gasteiger partial charge on any atom is 0.312 e. The molecule has 0 aliphatic rings. The third-order valence-corrected chi connectivity index (χ3v) is 4.87. The number of nitrogens with one attached hydrogen (secondary N) is 1. The number of primary amides is 1. The zero-order valence-corrected chi connectivity index (χ0v) is 17.4. The lowest BCUT2D eigenvalue weighted by atomic mass is 9.88. The van der Waals surface area contributed by atoms with Gasteiger partial charge in [-0.05, 0) is 13.3 Å². The van der Waals surface area contributed by atoms with E-state index in [4.69, 9.17) is 45.3 Å². The fraction of sp³-hybridized carbons (Fsp3) is 0.882. The number of rotatable bonds is 14. The maximum atomic E-state index is 11.3. The van der Waals surface area contributed by atoms with Crippen molar-refractivity contribution in [2.24, 2.45) is 5.73 Å². The average Bonchev–Trinajstić information content (AvgIpc) is 2.49. The van der Waals surface area contributed by atoms with E-state index in [1.54, 1.807) is 6.92 Å². The van der Waals surface area contributed by atoms with E-state index in [-0.39, 0.29) is 6.47 Å². The Morgan fingerprint density at radius 2 is 1.56 bits per heavy atom. The first-order valence-electron chi connectivity index (χ1n) is 8.90. The number of hydrogen-bond acceptors (Lipinski definition) is 3. The first kappa shape index (κ1) is 24.6. The summed E-state index contributed by atoms with van der Waals surface area (Å²) in [4.78, 5) is 22.1. The van der Waals surface area contributed by atoms with Crippen LogP contribution in [0.15, 0.2) is 0 Å². The van der Waals surface area contributed by atoms with Crippen molar-refractivity contribution in [3.63, 3.8) is 0 Å². The highest BCUT2D eigenvalue weighted by Gasteiger charge is 2.48.